The minimum absolute atomic E-state index is 0.0858. The Hall–Kier alpha value is -2.83. The Labute approximate surface area is 171 Å². The van der Waals surface area contributed by atoms with E-state index in [1.54, 1.807) is 6.33 Å². The fourth-order valence-electron chi connectivity index (χ4n) is 4.25. The Morgan fingerprint density at radius 2 is 2.10 bits per heavy atom. The van der Waals surface area contributed by atoms with E-state index < -0.39 is 0 Å². The predicted octanol–water partition coefficient (Wildman–Crippen LogP) is 2.74. The molecule has 0 spiro atoms. The standard InChI is InChI=1S/C22H29N5O2/c1-13-8-15(6-7-19(13)26(3)4)17-10-18-21(27(5)12-24-18)22(25-17)29-14(2)16-9-20(28)23-11-16/h6-7,10,12-14,16H,8-9,11H2,1-5H3,(H,23,28)/t13?,14-,16-/m1/s1. The lowest BCUT2D eigenvalue weighted by Crippen LogP contribution is -2.26. The van der Waals surface area contributed by atoms with Crippen LogP contribution in [-0.4, -0.2) is 52.1 Å². The molecule has 154 valence electrons. The van der Waals surface area contributed by atoms with Crippen molar-refractivity contribution in [3.63, 3.8) is 0 Å². The monoisotopic (exact) mass is 395 g/mol. The van der Waals surface area contributed by atoms with E-state index in [2.05, 4.69) is 48.4 Å². The molecule has 1 fully saturated rings. The maximum atomic E-state index is 11.6. The smallest absolute Gasteiger partial charge is 0.241 e. The van der Waals surface area contributed by atoms with Gasteiger partial charge < -0.3 is 19.5 Å². The first kappa shape index (κ1) is 19.5. The zero-order chi connectivity index (χ0) is 20.7. The van der Waals surface area contributed by atoms with Gasteiger partial charge in [-0.15, -0.1) is 0 Å². The fraction of sp³-hybridized carbons (Fsp3) is 0.500. The molecule has 3 heterocycles. The van der Waals surface area contributed by atoms with Gasteiger partial charge in [0.15, 0.2) is 0 Å². The summed E-state index contributed by atoms with van der Waals surface area (Å²) in [6.45, 7) is 4.90. The molecule has 2 aromatic heterocycles. The molecule has 3 atom stereocenters. The molecule has 7 heteroatoms. The van der Waals surface area contributed by atoms with Gasteiger partial charge in [-0.1, -0.05) is 13.0 Å². The van der Waals surface area contributed by atoms with Crippen LogP contribution < -0.4 is 10.1 Å². The molecular formula is C22H29N5O2. The highest BCUT2D eigenvalue weighted by Crippen LogP contribution is 2.34. The van der Waals surface area contributed by atoms with Crippen molar-refractivity contribution in [3.8, 4) is 5.88 Å². The van der Waals surface area contributed by atoms with Crippen LogP contribution in [0.4, 0.5) is 0 Å². The molecule has 1 unspecified atom stereocenters. The Kier molecular flexibility index (Phi) is 5.06. The molecule has 29 heavy (non-hydrogen) atoms. The third-order valence-corrected chi connectivity index (χ3v) is 5.97. The number of aryl methyl sites for hydroxylation is 1. The van der Waals surface area contributed by atoms with Gasteiger partial charge in [0.05, 0.1) is 17.5 Å². The lowest BCUT2D eigenvalue weighted by molar-refractivity contribution is -0.119. The van der Waals surface area contributed by atoms with Crippen molar-refractivity contribution >= 4 is 22.5 Å². The average molecular weight is 396 g/mol. The quantitative estimate of drug-likeness (QED) is 0.843. The fourth-order valence-corrected chi connectivity index (χ4v) is 4.25. The molecule has 4 rings (SSSR count). The van der Waals surface area contributed by atoms with E-state index in [4.69, 9.17) is 9.72 Å². The summed E-state index contributed by atoms with van der Waals surface area (Å²) in [4.78, 5) is 23.2. The Morgan fingerprint density at radius 3 is 2.76 bits per heavy atom. The number of rotatable bonds is 5. The van der Waals surface area contributed by atoms with E-state index in [9.17, 15) is 4.79 Å². The number of amides is 1. The first-order valence-electron chi connectivity index (χ1n) is 10.2. The van der Waals surface area contributed by atoms with E-state index in [1.807, 2.05) is 24.6 Å². The summed E-state index contributed by atoms with van der Waals surface area (Å²) in [6.07, 6.45) is 7.42. The topological polar surface area (TPSA) is 72.3 Å². The Morgan fingerprint density at radius 1 is 1.31 bits per heavy atom. The second kappa shape index (κ2) is 7.54. The molecule has 2 aromatic rings. The number of carbonyl (C=O) groups excluding carboxylic acids is 1. The maximum absolute atomic E-state index is 11.6. The molecule has 1 aliphatic carbocycles. The van der Waals surface area contributed by atoms with Gasteiger partial charge in [-0.3, -0.25) is 4.79 Å². The van der Waals surface area contributed by atoms with E-state index in [0.717, 1.165) is 23.1 Å². The number of hydrogen-bond acceptors (Lipinski definition) is 5. The van der Waals surface area contributed by atoms with E-state index >= 15 is 0 Å². The number of nitrogens with zero attached hydrogens (tertiary/aromatic N) is 4. The van der Waals surface area contributed by atoms with Crippen molar-refractivity contribution in [1.82, 2.24) is 24.8 Å². The molecule has 1 aliphatic heterocycles. The van der Waals surface area contributed by atoms with Crippen LogP contribution in [-0.2, 0) is 11.8 Å². The van der Waals surface area contributed by atoms with Crippen LogP contribution in [0.15, 0.2) is 30.2 Å². The number of allylic oxidation sites excluding steroid dienone is 4. The van der Waals surface area contributed by atoms with Gasteiger partial charge in [-0.25, -0.2) is 9.97 Å². The van der Waals surface area contributed by atoms with Gasteiger partial charge in [-0.05, 0) is 31.1 Å². The molecule has 0 radical (unpaired) electrons. The summed E-state index contributed by atoms with van der Waals surface area (Å²) in [5, 5.41) is 2.88. The van der Waals surface area contributed by atoms with Crippen LogP contribution in [0.5, 0.6) is 5.88 Å². The molecule has 0 bridgehead atoms. The van der Waals surface area contributed by atoms with Gasteiger partial charge in [0.2, 0.25) is 11.8 Å². The van der Waals surface area contributed by atoms with Crippen LogP contribution in [0.3, 0.4) is 0 Å². The second-order valence-electron chi connectivity index (χ2n) is 8.41. The van der Waals surface area contributed by atoms with E-state index in [0.29, 0.717) is 24.8 Å². The highest BCUT2D eigenvalue weighted by atomic mass is 16.5. The van der Waals surface area contributed by atoms with Crippen LogP contribution in [0.2, 0.25) is 0 Å². The molecule has 0 saturated carbocycles. The van der Waals surface area contributed by atoms with Gasteiger partial charge in [0.25, 0.3) is 0 Å². The van der Waals surface area contributed by atoms with Gasteiger partial charge in [-0.2, -0.15) is 0 Å². The normalized spacial score (nSPS) is 22.9. The SMILES string of the molecule is CC1CC(c2cc3ncn(C)c3c(O[C@H](C)[C@H]3CNC(=O)C3)n2)=CC=C1N(C)C. The molecule has 2 aliphatic rings. The molecule has 7 nitrogen and oxygen atoms in total. The van der Waals surface area contributed by atoms with Crippen LogP contribution >= 0.6 is 0 Å². The molecule has 0 aromatic carbocycles. The van der Waals surface area contributed by atoms with E-state index in [1.165, 1.54) is 11.3 Å². The third-order valence-electron chi connectivity index (χ3n) is 5.97. The van der Waals surface area contributed by atoms with Gasteiger partial charge in [0, 0.05) is 51.6 Å². The lowest BCUT2D eigenvalue weighted by atomic mass is 9.90. The number of carbonyl (C=O) groups is 1. The number of pyridine rings is 1. The minimum Gasteiger partial charge on any atom is -0.473 e. The molecular weight excluding hydrogens is 366 g/mol. The number of hydrogen-bond donors (Lipinski definition) is 1. The van der Waals surface area contributed by atoms with Crippen LogP contribution in [0.25, 0.3) is 16.6 Å². The Bertz CT molecular complexity index is 1000. The molecule has 1 saturated heterocycles. The summed E-state index contributed by atoms with van der Waals surface area (Å²) >= 11 is 0. The third kappa shape index (κ3) is 3.73. The van der Waals surface area contributed by atoms with Crippen LogP contribution in [0.1, 0.15) is 32.4 Å². The summed E-state index contributed by atoms with van der Waals surface area (Å²) in [5.41, 5.74) is 5.16. The number of nitrogens with one attached hydrogen (secondary N) is 1. The average Bonchev–Trinajstić information content (AvgIpc) is 3.27. The van der Waals surface area contributed by atoms with Crippen LogP contribution in [0, 0.1) is 11.8 Å². The number of fused-ring (bicyclic) bond motifs is 1. The van der Waals surface area contributed by atoms with Crippen molar-refractivity contribution in [2.24, 2.45) is 18.9 Å². The Balaban J connectivity index is 1.69. The van der Waals surface area contributed by atoms with Crippen molar-refractivity contribution in [2.45, 2.75) is 32.8 Å². The number of ether oxygens (including phenoxy) is 1. The zero-order valence-electron chi connectivity index (χ0n) is 17.8. The summed E-state index contributed by atoms with van der Waals surface area (Å²) in [6, 6.07) is 2.04. The first-order valence-corrected chi connectivity index (χ1v) is 10.2. The molecule has 1 N–H and O–H groups in total. The maximum Gasteiger partial charge on any atom is 0.241 e. The van der Waals surface area contributed by atoms with Crippen molar-refractivity contribution < 1.29 is 9.53 Å². The highest BCUT2D eigenvalue weighted by Gasteiger charge is 2.29. The lowest BCUT2D eigenvalue weighted by Gasteiger charge is -2.27. The summed E-state index contributed by atoms with van der Waals surface area (Å²) in [5.74, 6) is 1.24. The minimum atomic E-state index is -0.116. The highest BCUT2D eigenvalue weighted by molar-refractivity contribution is 5.84. The van der Waals surface area contributed by atoms with E-state index in [-0.39, 0.29) is 17.9 Å². The van der Waals surface area contributed by atoms with Gasteiger partial charge in [0.1, 0.15) is 11.6 Å². The number of imidazole rings is 1. The molecule has 1 amide bonds. The second-order valence-corrected chi connectivity index (χ2v) is 8.41. The van der Waals surface area contributed by atoms with Crippen molar-refractivity contribution in [2.75, 3.05) is 20.6 Å². The van der Waals surface area contributed by atoms with Gasteiger partial charge >= 0.3 is 0 Å². The largest absolute Gasteiger partial charge is 0.473 e. The summed E-state index contributed by atoms with van der Waals surface area (Å²) < 4.78 is 8.24. The zero-order valence-corrected chi connectivity index (χ0v) is 17.8. The first-order chi connectivity index (χ1) is 13.8. The number of aromatic nitrogens is 3. The summed E-state index contributed by atoms with van der Waals surface area (Å²) in [7, 11) is 6.10. The van der Waals surface area contributed by atoms with Crippen molar-refractivity contribution in [1.29, 1.82) is 0 Å². The van der Waals surface area contributed by atoms with Crippen molar-refractivity contribution in [3.05, 3.63) is 35.9 Å². The predicted molar refractivity (Wildman–Crippen MR) is 113 cm³/mol.